The maximum atomic E-state index is 12.4. The molecule has 3 rings (SSSR count). The van der Waals surface area contributed by atoms with Crippen LogP contribution in [-0.4, -0.2) is 46.8 Å². The van der Waals surface area contributed by atoms with Crippen molar-refractivity contribution in [3.63, 3.8) is 0 Å². The van der Waals surface area contributed by atoms with Gasteiger partial charge in [-0.25, -0.2) is 0 Å². The second-order valence-corrected chi connectivity index (χ2v) is 6.85. The van der Waals surface area contributed by atoms with Crippen molar-refractivity contribution < 1.29 is 9.72 Å². The lowest BCUT2D eigenvalue weighted by atomic mass is 10.1. The van der Waals surface area contributed by atoms with Crippen LogP contribution in [0, 0.1) is 10.1 Å². The minimum atomic E-state index is -0.446. The zero-order valence-electron chi connectivity index (χ0n) is 14.8. The Labute approximate surface area is 162 Å². The van der Waals surface area contributed by atoms with E-state index in [1.807, 2.05) is 24.3 Å². The van der Waals surface area contributed by atoms with Crippen molar-refractivity contribution in [2.45, 2.75) is 6.54 Å². The summed E-state index contributed by atoms with van der Waals surface area (Å²) in [4.78, 5) is 26.8. The molecule has 1 fully saturated rings. The Balaban J connectivity index is 1.52. The number of nitro benzene ring substituents is 1. The highest BCUT2D eigenvalue weighted by molar-refractivity contribution is 6.30. The Morgan fingerprint density at radius 2 is 1.85 bits per heavy atom. The molecule has 0 spiro atoms. The summed E-state index contributed by atoms with van der Waals surface area (Å²) in [6.45, 7) is 3.70. The number of hydrogen-bond donors (Lipinski definition) is 0. The summed E-state index contributed by atoms with van der Waals surface area (Å²) in [6, 6.07) is 14.0. The van der Waals surface area contributed by atoms with Crippen LogP contribution in [0.3, 0.4) is 0 Å². The predicted molar refractivity (Wildman–Crippen MR) is 105 cm³/mol. The zero-order valence-corrected chi connectivity index (χ0v) is 15.5. The van der Waals surface area contributed by atoms with Crippen molar-refractivity contribution >= 4 is 29.3 Å². The van der Waals surface area contributed by atoms with Crippen LogP contribution in [0.5, 0.6) is 0 Å². The van der Waals surface area contributed by atoms with Crippen molar-refractivity contribution in [1.29, 1.82) is 0 Å². The molecule has 0 bridgehead atoms. The Morgan fingerprint density at radius 1 is 1.11 bits per heavy atom. The fourth-order valence-corrected chi connectivity index (χ4v) is 3.25. The first-order chi connectivity index (χ1) is 13.0. The number of carbonyl (C=O) groups is 1. The molecule has 0 aromatic heterocycles. The maximum absolute atomic E-state index is 12.4. The lowest BCUT2D eigenvalue weighted by Crippen LogP contribution is -2.47. The number of carbonyl (C=O) groups excluding carboxylic acids is 1. The first-order valence-corrected chi connectivity index (χ1v) is 9.07. The van der Waals surface area contributed by atoms with Crippen LogP contribution in [0.2, 0.25) is 5.02 Å². The van der Waals surface area contributed by atoms with Gasteiger partial charge in [0.05, 0.1) is 4.92 Å². The van der Waals surface area contributed by atoms with Crippen molar-refractivity contribution in [3.05, 3.63) is 80.9 Å². The van der Waals surface area contributed by atoms with E-state index >= 15 is 0 Å². The van der Waals surface area contributed by atoms with E-state index in [0.717, 1.165) is 30.2 Å². The standard InChI is InChI=1S/C20H20ClN3O3/c21-18-5-1-4-17(13-18)15-22-9-11-23(12-10-22)20(25)8-7-16-3-2-6-19(14-16)24(26)27/h1-8,13-14H,9-12,15H2/b8-7+. The van der Waals surface area contributed by atoms with Crippen LogP contribution >= 0.6 is 11.6 Å². The van der Waals surface area contributed by atoms with E-state index < -0.39 is 4.92 Å². The van der Waals surface area contributed by atoms with Crippen LogP contribution in [0.15, 0.2) is 54.6 Å². The van der Waals surface area contributed by atoms with Gasteiger partial charge in [0.25, 0.3) is 5.69 Å². The molecule has 6 nitrogen and oxygen atoms in total. The van der Waals surface area contributed by atoms with E-state index in [9.17, 15) is 14.9 Å². The number of hydrogen-bond acceptors (Lipinski definition) is 4. The Bertz CT molecular complexity index is 861. The smallest absolute Gasteiger partial charge is 0.270 e. The molecule has 0 aliphatic carbocycles. The lowest BCUT2D eigenvalue weighted by molar-refractivity contribution is -0.384. The number of piperazine rings is 1. The molecule has 0 unspecified atom stereocenters. The molecule has 2 aromatic carbocycles. The molecule has 1 aliphatic heterocycles. The average Bonchev–Trinajstić information content (AvgIpc) is 2.67. The highest BCUT2D eigenvalue weighted by Crippen LogP contribution is 2.16. The minimum absolute atomic E-state index is 0.0132. The monoisotopic (exact) mass is 385 g/mol. The number of amides is 1. The topological polar surface area (TPSA) is 66.7 Å². The van der Waals surface area contributed by atoms with Crippen LogP contribution in [-0.2, 0) is 11.3 Å². The second kappa shape index (κ2) is 8.79. The van der Waals surface area contributed by atoms with Crippen molar-refractivity contribution in [2.75, 3.05) is 26.2 Å². The fourth-order valence-electron chi connectivity index (χ4n) is 3.03. The van der Waals surface area contributed by atoms with Gasteiger partial charge in [0.15, 0.2) is 0 Å². The summed E-state index contributed by atoms with van der Waals surface area (Å²) < 4.78 is 0. The fraction of sp³-hybridized carbons (Fsp3) is 0.250. The molecule has 1 heterocycles. The van der Waals surface area contributed by atoms with E-state index in [1.54, 1.807) is 23.1 Å². The molecule has 0 radical (unpaired) electrons. The molecule has 1 aliphatic rings. The predicted octanol–water partition coefficient (Wildman–Crippen LogP) is 3.61. The second-order valence-electron chi connectivity index (χ2n) is 6.42. The number of nitro groups is 1. The lowest BCUT2D eigenvalue weighted by Gasteiger charge is -2.34. The Morgan fingerprint density at radius 3 is 2.56 bits per heavy atom. The molecule has 0 saturated carbocycles. The largest absolute Gasteiger partial charge is 0.337 e. The normalized spacial score (nSPS) is 15.2. The number of halogens is 1. The van der Waals surface area contributed by atoms with E-state index in [1.165, 1.54) is 18.2 Å². The maximum Gasteiger partial charge on any atom is 0.270 e. The van der Waals surface area contributed by atoms with Crippen LogP contribution < -0.4 is 0 Å². The van der Waals surface area contributed by atoms with Crippen molar-refractivity contribution in [1.82, 2.24) is 9.80 Å². The van der Waals surface area contributed by atoms with Gasteiger partial charge in [0.1, 0.15) is 0 Å². The zero-order chi connectivity index (χ0) is 19.2. The average molecular weight is 386 g/mol. The first kappa shape index (κ1) is 19.1. The molecule has 0 N–H and O–H groups in total. The quantitative estimate of drug-likeness (QED) is 0.448. The van der Waals surface area contributed by atoms with Crippen molar-refractivity contribution in [3.8, 4) is 0 Å². The number of non-ortho nitro benzene ring substituents is 1. The summed E-state index contributed by atoms with van der Waals surface area (Å²) >= 11 is 6.02. The van der Waals surface area contributed by atoms with Crippen LogP contribution in [0.4, 0.5) is 5.69 Å². The molecule has 1 amide bonds. The van der Waals surface area contributed by atoms with Gasteiger partial charge in [-0.3, -0.25) is 19.8 Å². The molecular formula is C20H20ClN3O3. The Hall–Kier alpha value is -2.70. The van der Waals surface area contributed by atoms with Gasteiger partial charge >= 0.3 is 0 Å². The molecule has 140 valence electrons. The first-order valence-electron chi connectivity index (χ1n) is 8.69. The number of rotatable bonds is 5. The van der Waals surface area contributed by atoms with E-state index in [2.05, 4.69) is 4.90 Å². The van der Waals surface area contributed by atoms with Gasteiger partial charge in [0.2, 0.25) is 5.91 Å². The third-order valence-electron chi connectivity index (χ3n) is 4.48. The van der Waals surface area contributed by atoms with E-state index in [4.69, 9.17) is 11.6 Å². The third kappa shape index (κ3) is 5.39. The third-order valence-corrected chi connectivity index (χ3v) is 4.71. The number of nitrogens with zero attached hydrogens (tertiary/aromatic N) is 3. The SMILES string of the molecule is O=C(/C=C/c1cccc([N+](=O)[O-])c1)N1CCN(Cc2cccc(Cl)c2)CC1. The van der Waals surface area contributed by atoms with Gasteiger partial charge < -0.3 is 4.90 Å². The summed E-state index contributed by atoms with van der Waals surface area (Å²) in [5.74, 6) is -0.0797. The van der Waals surface area contributed by atoms with E-state index in [-0.39, 0.29) is 11.6 Å². The highest BCUT2D eigenvalue weighted by atomic mass is 35.5. The van der Waals surface area contributed by atoms with Crippen molar-refractivity contribution in [2.24, 2.45) is 0 Å². The molecule has 2 aromatic rings. The molecule has 0 atom stereocenters. The summed E-state index contributed by atoms with van der Waals surface area (Å²) in [7, 11) is 0. The molecule has 7 heteroatoms. The summed E-state index contributed by atoms with van der Waals surface area (Å²) in [6.07, 6.45) is 3.10. The number of benzene rings is 2. The summed E-state index contributed by atoms with van der Waals surface area (Å²) in [5, 5.41) is 11.5. The summed E-state index contributed by atoms with van der Waals surface area (Å²) in [5.41, 5.74) is 1.81. The minimum Gasteiger partial charge on any atom is -0.337 e. The van der Waals surface area contributed by atoms with Gasteiger partial charge in [-0.2, -0.15) is 0 Å². The van der Waals surface area contributed by atoms with Gasteiger partial charge in [-0.15, -0.1) is 0 Å². The molecule has 1 saturated heterocycles. The van der Waals surface area contributed by atoms with Crippen LogP contribution in [0.1, 0.15) is 11.1 Å². The van der Waals surface area contributed by atoms with Gasteiger partial charge in [0, 0.05) is 56.0 Å². The van der Waals surface area contributed by atoms with Gasteiger partial charge in [-0.1, -0.05) is 35.9 Å². The highest BCUT2D eigenvalue weighted by Gasteiger charge is 2.19. The van der Waals surface area contributed by atoms with Crippen LogP contribution in [0.25, 0.3) is 6.08 Å². The molecule has 27 heavy (non-hydrogen) atoms. The van der Waals surface area contributed by atoms with Gasteiger partial charge in [-0.05, 0) is 29.3 Å². The van der Waals surface area contributed by atoms with E-state index in [0.29, 0.717) is 18.7 Å². The Kier molecular flexibility index (Phi) is 6.21. The molecular weight excluding hydrogens is 366 g/mol.